The van der Waals surface area contributed by atoms with Gasteiger partial charge in [-0.3, -0.25) is 0 Å². The molecule has 2 nitrogen and oxygen atoms in total. The Bertz CT molecular complexity index is 319. The monoisotopic (exact) mass is 231 g/mol. The van der Waals surface area contributed by atoms with E-state index in [4.69, 9.17) is 16.3 Å². The van der Waals surface area contributed by atoms with Crippen LogP contribution in [0.4, 0.5) is 10.1 Å². The summed E-state index contributed by atoms with van der Waals surface area (Å²) in [7, 11) is 0. The van der Waals surface area contributed by atoms with Gasteiger partial charge in [-0.25, -0.2) is 4.39 Å². The Labute approximate surface area is 94.4 Å². The van der Waals surface area contributed by atoms with Crippen molar-refractivity contribution >= 4 is 17.3 Å². The highest BCUT2D eigenvalue weighted by Crippen LogP contribution is 2.22. The van der Waals surface area contributed by atoms with Crippen LogP contribution < -0.4 is 5.32 Å². The first kappa shape index (κ1) is 12.3. The molecule has 0 spiro atoms. The van der Waals surface area contributed by atoms with Crippen molar-refractivity contribution in [3.05, 3.63) is 29.0 Å². The van der Waals surface area contributed by atoms with Crippen molar-refractivity contribution in [3.8, 4) is 0 Å². The van der Waals surface area contributed by atoms with Crippen LogP contribution in [0.25, 0.3) is 0 Å². The minimum Gasteiger partial charge on any atom is -0.380 e. The maximum atomic E-state index is 12.8. The molecule has 0 amide bonds. The second-order valence-electron chi connectivity index (χ2n) is 3.33. The highest BCUT2D eigenvalue weighted by atomic mass is 35.5. The molecule has 0 fully saturated rings. The first-order valence-corrected chi connectivity index (χ1v) is 5.30. The van der Waals surface area contributed by atoms with Gasteiger partial charge >= 0.3 is 0 Å². The van der Waals surface area contributed by atoms with E-state index >= 15 is 0 Å². The van der Waals surface area contributed by atoms with Crippen molar-refractivity contribution < 1.29 is 9.13 Å². The molecule has 15 heavy (non-hydrogen) atoms. The fourth-order valence-electron chi connectivity index (χ4n) is 1.21. The Morgan fingerprint density at radius 2 is 2.27 bits per heavy atom. The summed E-state index contributed by atoms with van der Waals surface area (Å²) < 4.78 is 18.0. The van der Waals surface area contributed by atoms with E-state index in [9.17, 15) is 4.39 Å². The number of rotatable bonds is 5. The number of benzene rings is 1. The molecule has 1 atom stereocenters. The lowest BCUT2D eigenvalue weighted by Gasteiger charge is -2.15. The first-order valence-electron chi connectivity index (χ1n) is 4.92. The zero-order chi connectivity index (χ0) is 11.3. The maximum Gasteiger partial charge on any atom is 0.124 e. The van der Waals surface area contributed by atoms with Gasteiger partial charge in [-0.1, -0.05) is 11.6 Å². The quantitative estimate of drug-likeness (QED) is 0.840. The summed E-state index contributed by atoms with van der Waals surface area (Å²) in [5.41, 5.74) is 0.727. The van der Waals surface area contributed by atoms with E-state index in [1.165, 1.54) is 12.1 Å². The smallest absolute Gasteiger partial charge is 0.124 e. The molecular weight excluding hydrogens is 217 g/mol. The third-order valence-electron chi connectivity index (χ3n) is 1.91. The van der Waals surface area contributed by atoms with Crippen molar-refractivity contribution in [1.82, 2.24) is 0 Å². The minimum absolute atomic E-state index is 0.146. The average Bonchev–Trinajstić information content (AvgIpc) is 2.19. The fourth-order valence-corrected chi connectivity index (χ4v) is 1.43. The molecule has 1 aromatic carbocycles. The van der Waals surface area contributed by atoms with Gasteiger partial charge in [-0.2, -0.15) is 0 Å². The predicted molar refractivity (Wildman–Crippen MR) is 61.0 cm³/mol. The van der Waals surface area contributed by atoms with Gasteiger partial charge < -0.3 is 10.1 Å². The zero-order valence-corrected chi connectivity index (χ0v) is 9.64. The van der Waals surface area contributed by atoms with Gasteiger partial charge in [0, 0.05) is 12.6 Å². The highest BCUT2D eigenvalue weighted by molar-refractivity contribution is 6.33. The van der Waals surface area contributed by atoms with Crippen LogP contribution >= 0.6 is 11.6 Å². The van der Waals surface area contributed by atoms with Gasteiger partial charge in [-0.05, 0) is 32.0 Å². The van der Waals surface area contributed by atoms with Crippen molar-refractivity contribution in [2.75, 3.05) is 18.5 Å². The van der Waals surface area contributed by atoms with Gasteiger partial charge in [-0.15, -0.1) is 0 Å². The lowest BCUT2D eigenvalue weighted by Crippen LogP contribution is -2.21. The van der Waals surface area contributed by atoms with Crippen molar-refractivity contribution in [1.29, 1.82) is 0 Å². The van der Waals surface area contributed by atoms with Gasteiger partial charge in [0.2, 0.25) is 0 Å². The van der Waals surface area contributed by atoms with Crippen LogP contribution in [0.2, 0.25) is 5.02 Å². The molecular formula is C11H15ClFNO. The van der Waals surface area contributed by atoms with E-state index < -0.39 is 0 Å². The van der Waals surface area contributed by atoms with Crippen LogP contribution in [-0.2, 0) is 4.74 Å². The van der Waals surface area contributed by atoms with Crippen LogP contribution in [0.5, 0.6) is 0 Å². The van der Waals surface area contributed by atoms with E-state index in [2.05, 4.69) is 5.32 Å². The summed E-state index contributed by atoms with van der Waals surface area (Å²) in [5.74, 6) is -0.331. The molecule has 1 N–H and O–H groups in total. The van der Waals surface area contributed by atoms with Gasteiger partial charge in [0.1, 0.15) is 5.82 Å². The lowest BCUT2D eigenvalue weighted by atomic mass is 10.2. The predicted octanol–water partition coefficient (Wildman–Crippen LogP) is 3.32. The molecule has 0 saturated carbocycles. The number of nitrogens with one attached hydrogen (secondary N) is 1. The summed E-state index contributed by atoms with van der Waals surface area (Å²) >= 11 is 5.86. The van der Waals surface area contributed by atoms with Crippen molar-refractivity contribution in [2.24, 2.45) is 0 Å². The van der Waals surface area contributed by atoms with E-state index in [1.807, 2.05) is 13.8 Å². The molecule has 84 valence electrons. The molecule has 1 rings (SSSR count). The molecule has 1 unspecified atom stereocenters. The summed E-state index contributed by atoms with van der Waals surface area (Å²) in [5, 5.41) is 3.54. The number of ether oxygens (including phenoxy) is 1. The van der Waals surface area contributed by atoms with Gasteiger partial charge in [0.15, 0.2) is 0 Å². The Morgan fingerprint density at radius 1 is 1.53 bits per heavy atom. The molecule has 0 aliphatic heterocycles. The molecule has 4 heteroatoms. The van der Waals surface area contributed by atoms with E-state index in [1.54, 1.807) is 6.07 Å². The average molecular weight is 232 g/mol. The minimum atomic E-state index is -0.331. The second kappa shape index (κ2) is 5.93. The lowest BCUT2D eigenvalue weighted by molar-refractivity contribution is 0.141. The topological polar surface area (TPSA) is 21.3 Å². The van der Waals surface area contributed by atoms with Crippen LogP contribution in [0.1, 0.15) is 13.8 Å². The largest absolute Gasteiger partial charge is 0.380 e. The molecule has 0 bridgehead atoms. The first-order chi connectivity index (χ1) is 7.13. The SMILES string of the molecule is CCOCC(C)Nc1ccc(F)cc1Cl. The van der Waals surface area contributed by atoms with Gasteiger partial charge in [0.25, 0.3) is 0 Å². The molecule has 0 aromatic heterocycles. The summed E-state index contributed by atoms with van der Waals surface area (Å²) in [6.45, 7) is 5.21. The number of halogens is 2. The number of hydrogen-bond donors (Lipinski definition) is 1. The normalized spacial score (nSPS) is 12.5. The van der Waals surface area contributed by atoms with E-state index in [0.29, 0.717) is 18.2 Å². The second-order valence-corrected chi connectivity index (χ2v) is 3.74. The van der Waals surface area contributed by atoms with Gasteiger partial charge in [0.05, 0.1) is 17.3 Å². The van der Waals surface area contributed by atoms with Crippen LogP contribution in [0, 0.1) is 5.82 Å². The molecule has 0 aliphatic carbocycles. The third kappa shape index (κ3) is 4.06. The fraction of sp³-hybridized carbons (Fsp3) is 0.455. The molecule has 0 heterocycles. The highest BCUT2D eigenvalue weighted by Gasteiger charge is 2.05. The molecule has 0 radical (unpaired) electrons. The number of hydrogen-bond acceptors (Lipinski definition) is 2. The maximum absolute atomic E-state index is 12.8. The Morgan fingerprint density at radius 3 is 2.87 bits per heavy atom. The Kier molecular flexibility index (Phi) is 4.85. The molecule has 0 aliphatic rings. The Balaban J connectivity index is 2.56. The van der Waals surface area contributed by atoms with Crippen molar-refractivity contribution in [2.45, 2.75) is 19.9 Å². The summed E-state index contributed by atoms with van der Waals surface area (Å²) in [4.78, 5) is 0. The zero-order valence-electron chi connectivity index (χ0n) is 8.89. The standard InChI is InChI=1S/C11H15ClFNO/c1-3-15-7-8(2)14-11-5-4-9(13)6-10(11)12/h4-6,8,14H,3,7H2,1-2H3. The summed E-state index contributed by atoms with van der Waals surface area (Å²) in [6, 6.07) is 4.44. The van der Waals surface area contributed by atoms with Crippen LogP contribution in [0.15, 0.2) is 18.2 Å². The van der Waals surface area contributed by atoms with E-state index in [0.717, 1.165) is 5.69 Å². The van der Waals surface area contributed by atoms with Crippen LogP contribution in [-0.4, -0.2) is 19.3 Å². The molecule has 1 aromatic rings. The Hall–Kier alpha value is -0.800. The number of anilines is 1. The van der Waals surface area contributed by atoms with E-state index in [-0.39, 0.29) is 11.9 Å². The van der Waals surface area contributed by atoms with Crippen molar-refractivity contribution in [3.63, 3.8) is 0 Å². The molecule has 0 saturated heterocycles. The third-order valence-corrected chi connectivity index (χ3v) is 2.22. The summed E-state index contributed by atoms with van der Waals surface area (Å²) in [6.07, 6.45) is 0. The van der Waals surface area contributed by atoms with Crippen LogP contribution in [0.3, 0.4) is 0 Å².